The molecule has 1 aromatic carbocycles. The van der Waals surface area contributed by atoms with Crippen molar-refractivity contribution < 1.29 is 14.3 Å². The first-order valence-corrected chi connectivity index (χ1v) is 6.82. The van der Waals surface area contributed by atoms with E-state index in [9.17, 15) is 4.79 Å². The summed E-state index contributed by atoms with van der Waals surface area (Å²) in [5, 5.41) is 3.34. The maximum Gasteiger partial charge on any atom is 0.305 e. The van der Waals surface area contributed by atoms with E-state index >= 15 is 0 Å². The molecule has 4 nitrogen and oxygen atoms in total. The van der Waals surface area contributed by atoms with Crippen LogP contribution in [-0.2, 0) is 22.5 Å². The van der Waals surface area contributed by atoms with E-state index in [0.717, 1.165) is 44.7 Å². The van der Waals surface area contributed by atoms with Crippen LogP contribution in [-0.4, -0.2) is 26.2 Å². The second-order valence-electron chi connectivity index (χ2n) is 4.75. The Morgan fingerprint density at radius 2 is 2.37 bits per heavy atom. The molecular formula is C15H21NO3. The van der Waals surface area contributed by atoms with E-state index in [1.165, 1.54) is 18.2 Å². The van der Waals surface area contributed by atoms with Gasteiger partial charge in [0.25, 0.3) is 0 Å². The average Bonchev–Trinajstić information content (AvgIpc) is 2.46. The summed E-state index contributed by atoms with van der Waals surface area (Å²) >= 11 is 0. The highest BCUT2D eigenvalue weighted by Crippen LogP contribution is 2.25. The summed E-state index contributed by atoms with van der Waals surface area (Å²) in [6, 6.07) is 6.36. The SMILES string of the molecule is COC(=O)CCCNCc1ccc2c(c1)CCCO2. The molecule has 104 valence electrons. The van der Waals surface area contributed by atoms with E-state index in [0.29, 0.717) is 6.42 Å². The van der Waals surface area contributed by atoms with Crippen molar-refractivity contribution in [1.82, 2.24) is 5.32 Å². The first kappa shape index (κ1) is 13.9. The van der Waals surface area contributed by atoms with Gasteiger partial charge in [-0.3, -0.25) is 4.79 Å². The first-order chi connectivity index (χ1) is 9.29. The number of benzene rings is 1. The summed E-state index contributed by atoms with van der Waals surface area (Å²) in [5.74, 6) is 0.883. The van der Waals surface area contributed by atoms with Crippen molar-refractivity contribution >= 4 is 5.97 Å². The molecule has 0 saturated carbocycles. The Bertz CT molecular complexity index is 431. The molecule has 1 aliphatic rings. The van der Waals surface area contributed by atoms with Gasteiger partial charge in [-0.2, -0.15) is 0 Å². The third-order valence-corrected chi connectivity index (χ3v) is 3.26. The summed E-state index contributed by atoms with van der Waals surface area (Å²) in [6.07, 6.45) is 3.48. The lowest BCUT2D eigenvalue weighted by molar-refractivity contribution is -0.140. The second-order valence-corrected chi connectivity index (χ2v) is 4.75. The molecule has 0 aliphatic carbocycles. The van der Waals surface area contributed by atoms with E-state index in [1.807, 2.05) is 0 Å². The molecule has 0 aromatic heterocycles. The summed E-state index contributed by atoms with van der Waals surface area (Å²) in [4.78, 5) is 10.9. The van der Waals surface area contributed by atoms with Crippen LogP contribution < -0.4 is 10.1 Å². The number of fused-ring (bicyclic) bond motifs is 1. The molecule has 1 heterocycles. The fourth-order valence-corrected chi connectivity index (χ4v) is 2.22. The van der Waals surface area contributed by atoms with Crippen LogP contribution in [0, 0.1) is 0 Å². The van der Waals surface area contributed by atoms with Gasteiger partial charge in [0, 0.05) is 13.0 Å². The van der Waals surface area contributed by atoms with E-state index in [2.05, 4.69) is 28.3 Å². The van der Waals surface area contributed by atoms with Gasteiger partial charge in [0.1, 0.15) is 5.75 Å². The molecule has 0 fully saturated rings. The summed E-state index contributed by atoms with van der Waals surface area (Å²) in [7, 11) is 1.42. The zero-order valence-corrected chi connectivity index (χ0v) is 11.4. The summed E-state index contributed by atoms with van der Waals surface area (Å²) in [5.41, 5.74) is 2.57. The monoisotopic (exact) mass is 263 g/mol. The Hall–Kier alpha value is -1.55. The minimum atomic E-state index is -0.146. The van der Waals surface area contributed by atoms with Crippen molar-refractivity contribution in [1.29, 1.82) is 0 Å². The average molecular weight is 263 g/mol. The van der Waals surface area contributed by atoms with Gasteiger partial charge in [0.15, 0.2) is 0 Å². The van der Waals surface area contributed by atoms with Crippen molar-refractivity contribution in [2.75, 3.05) is 20.3 Å². The molecule has 0 bridgehead atoms. The van der Waals surface area contributed by atoms with E-state index < -0.39 is 0 Å². The number of aryl methyl sites for hydroxylation is 1. The number of carbonyl (C=O) groups excluding carboxylic acids is 1. The van der Waals surface area contributed by atoms with Crippen molar-refractivity contribution in [2.24, 2.45) is 0 Å². The predicted octanol–water partition coefficient (Wildman–Crippen LogP) is 2.05. The van der Waals surface area contributed by atoms with Crippen LogP contribution in [0.3, 0.4) is 0 Å². The van der Waals surface area contributed by atoms with Crippen molar-refractivity contribution in [3.63, 3.8) is 0 Å². The lowest BCUT2D eigenvalue weighted by Crippen LogP contribution is -2.16. The lowest BCUT2D eigenvalue weighted by atomic mass is 10.0. The number of nitrogens with one attached hydrogen (secondary N) is 1. The Kier molecular flexibility index (Phi) is 5.21. The molecule has 0 amide bonds. The van der Waals surface area contributed by atoms with E-state index in [-0.39, 0.29) is 5.97 Å². The van der Waals surface area contributed by atoms with Crippen LogP contribution >= 0.6 is 0 Å². The van der Waals surface area contributed by atoms with Crippen molar-refractivity contribution in [3.05, 3.63) is 29.3 Å². The quantitative estimate of drug-likeness (QED) is 0.630. The fraction of sp³-hybridized carbons (Fsp3) is 0.533. The Balaban J connectivity index is 1.72. The molecule has 0 spiro atoms. The van der Waals surface area contributed by atoms with Gasteiger partial charge in [0.05, 0.1) is 13.7 Å². The topological polar surface area (TPSA) is 47.6 Å². The number of ether oxygens (including phenoxy) is 2. The standard InChI is InChI=1S/C15H21NO3/c1-18-15(17)5-2-8-16-11-12-6-7-14-13(10-12)4-3-9-19-14/h6-7,10,16H,2-5,8-9,11H2,1H3. The molecule has 19 heavy (non-hydrogen) atoms. The number of esters is 1. The Morgan fingerprint density at radius 3 is 3.21 bits per heavy atom. The van der Waals surface area contributed by atoms with Crippen molar-refractivity contribution in [2.45, 2.75) is 32.2 Å². The summed E-state index contributed by atoms with van der Waals surface area (Å²) < 4.78 is 10.2. The number of methoxy groups -OCH3 is 1. The minimum Gasteiger partial charge on any atom is -0.493 e. The lowest BCUT2D eigenvalue weighted by Gasteiger charge is -2.18. The maximum atomic E-state index is 10.9. The molecular weight excluding hydrogens is 242 g/mol. The van der Waals surface area contributed by atoms with Gasteiger partial charge in [-0.25, -0.2) is 0 Å². The molecule has 0 unspecified atom stereocenters. The Morgan fingerprint density at radius 1 is 1.47 bits per heavy atom. The van der Waals surface area contributed by atoms with E-state index in [4.69, 9.17) is 4.74 Å². The molecule has 0 atom stereocenters. The molecule has 4 heteroatoms. The molecule has 1 N–H and O–H groups in total. The zero-order valence-electron chi connectivity index (χ0n) is 11.4. The molecule has 0 radical (unpaired) electrons. The number of rotatable bonds is 6. The van der Waals surface area contributed by atoms with Crippen LogP contribution in [0.25, 0.3) is 0 Å². The highest BCUT2D eigenvalue weighted by atomic mass is 16.5. The van der Waals surface area contributed by atoms with Gasteiger partial charge in [0.2, 0.25) is 0 Å². The predicted molar refractivity (Wildman–Crippen MR) is 73.2 cm³/mol. The van der Waals surface area contributed by atoms with Crippen LogP contribution in [0.2, 0.25) is 0 Å². The van der Waals surface area contributed by atoms with Crippen LogP contribution in [0.4, 0.5) is 0 Å². The highest BCUT2D eigenvalue weighted by Gasteiger charge is 2.10. The zero-order chi connectivity index (χ0) is 13.5. The smallest absolute Gasteiger partial charge is 0.305 e. The highest BCUT2D eigenvalue weighted by molar-refractivity contribution is 5.69. The molecule has 2 rings (SSSR count). The van der Waals surface area contributed by atoms with Crippen LogP contribution in [0.1, 0.15) is 30.4 Å². The third-order valence-electron chi connectivity index (χ3n) is 3.26. The maximum absolute atomic E-state index is 10.9. The Labute approximate surface area is 114 Å². The number of hydrogen-bond acceptors (Lipinski definition) is 4. The molecule has 1 aliphatic heterocycles. The number of carbonyl (C=O) groups is 1. The molecule has 0 saturated heterocycles. The van der Waals surface area contributed by atoms with Gasteiger partial charge >= 0.3 is 5.97 Å². The largest absolute Gasteiger partial charge is 0.493 e. The van der Waals surface area contributed by atoms with Crippen LogP contribution in [0.15, 0.2) is 18.2 Å². The minimum absolute atomic E-state index is 0.146. The van der Waals surface area contributed by atoms with Gasteiger partial charge < -0.3 is 14.8 Å². The fourth-order valence-electron chi connectivity index (χ4n) is 2.22. The van der Waals surface area contributed by atoms with Crippen LogP contribution in [0.5, 0.6) is 5.75 Å². The van der Waals surface area contributed by atoms with Gasteiger partial charge in [-0.1, -0.05) is 12.1 Å². The van der Waals surface area contributed by atoms with Gasteiger partial charge in [-0.15, -0.1) is 0 Å². The third kappa shape index (κ3) is 4.24. The van der Waals surface area contributed by atoms with Gasteiger partial charge in [-0.05, 0) is 43.0 Å². The number of hydrogen-bond donors (Lipinski definition) is 1. The second kappa shape index (κ2) is 7.14. The summed E-state index contributed by atoms with van der Waals surface area (Å²) in [6.45, 7) is 2.48. The first-order valence-electron chi connectivity index (χ1n) is 6.82. The molecule has 1 aromatic rings. The normalized spacial score (nSPS) is 13.5. The van der Waals surface area contributed by atoms with E-state index in [1.54, 1.807) is 0 Å². The van der Waals surface area contributed by atoms with Crippen molar-refractivity contribution in [3.8, 4) is 5.75 Å².